The molecule has 0 radical (unpaired) electrons. The number of tetrazole rings is 1. The number of methoxy groups -OCH3 is 1. The number of anilines is 1. The normalized spacial score (nSPS) is 12.9. The molecule has 1 heterocycles. The van der Waals surface area contributed by atoms with Crippen LogP contribution in [0, 0.1) is 0 Å². The molecule has 0 atom stereocenters. The number of hydrogen-bond donors (Lipinski definition) is 2. The van der Waals surface area contributed by atoms with Gasteiger partial charge in [0.2, 0.25) is 11.1 Å². The summed E-state index contributed by atoms with van der Waals surface area (Å²) in [6, 6.07) is 14.8. The van der Waals surface area contributed by atoms with Gasteiger partial charge in [0.25, 0.3) is 5.91 Å². The van der Waals surface area contributed by atoms with E-state index in [-0.39, 0.29) is 23.6 Å². The quantitative estimate of drug-likeness (QED) is 0.493. The summed E-state index contributed by atoms with van der Waals surface area (Å²) in [5.41, 5.74) is 1.95. The summed E-state index contributed by atoms with van der Waals surface area (Å²) in [7, 11) is 1.62. The van der Waals surface area contributed by atoms with Crippen LogP contribution >= 0.6 is 11.8 Å². The van der Waals surface area contributed by atoms with Crippen LogP contribution in [0.4, 0.5) is 5.69 Å². The molecule has 0 unspecified atom stereocenters. The van der Waals surface area contributed by atoms with Crippen LogP contribution in [0.3, 0.4) is 0 Å². The summed E-state index contributed by atoms with van der Waals surface area (Å²) in [5.74, 6) is 0.477. The Hall–Kier alpha value is -3.40. The van der Waals surface area contributed by atoms with Crippen molar-refractivity contribution in [3.05, 3.63) is 59.7 Å². The molecule has 160 valence electrons. The van der Waals surface area contributed by atoms with Crippen LogP contribution in [0.25, 0.3) is 0 Å². The maximum Gasteiger partial charge on any atom is 0.253 e. The number of ether oxygens (including phenoxy) is 1. The van der Waals surface area contributed by atoms with E-state index in [1.807, 2.05) is 24.3 Å². The van der Waals surface area contributed by atoms with Gasteiger partial charge in [-0.3, -0.25) is 9.59 Å². The van der Waals surface area contributed by atoms with Crippen molar-refractivity contribution in [3.8, 4) is 5.75 Å². The highest BCUT2D eigenvalue weighted by atomic mass is 32.2. The number of aromatic nitrogens is 4. The molecule has 1 saturated carbocycles. The molecular formula is C21H22N6O3S. The van der Waals surface area contributed by atoms with Crippen molar-refractivity contribution in [2.24, 2.45) is 0 Å². The van der Waals surface area contributed by atoms with Gasteiger partial charge in [-0.2, -0.15) is 0 Å². The molecule has 1 aliphatic rings. The first-order chi connectivity index (χ1) is 15.1. The summed E-state index contributed by atoms with van der Waals surface area (Å²) >= 11 is 1.23. The van der Waals surface area contributed by atoms with Crippen molar-refractivity contribution in [2.75, 3.05) is 18.2 Å². The Kier molecular flexibility index (Phi) is 6.46. The standard InChI is InChI=1S/C21H22N6O3S/c1-30-16-10-6-14(7-11-16)12-27-21(24-25-26-27)31-13-19(28)23-18-5-3-2-4-17(18)20(29)22-15-8-9-15/h2-7,10-11,15H,8-9,12-13H2,1H3,(H,22,29)(H,23,28). The fourth-order valence-corrected chi connectivity index (χ4v) is 3.58. The molecule has 2 aromatic carbocycles. The maximum absolute atomic E-state index is 12.5. The lowest BCUT2D eigenvalue weighted by Gasteiger charge is -2.11. The third-order valence-electron chi connectivity index (χ3n) is 4.68. The van der Waals surface area contributed by atoms with Crippen LogP contribution in [-0.2, 0) is 11.3 Å². The molecule has 3 aromatic rings. The average Bonchev–Trinajstić information content (AvgIpc) is 3.49. The smallest absolute Gasteiger partial charge is 0.253 e. The Morgan fingerprint density at radius 3 is 2.68 bits per heavy atom. The van der Waals surface area contributed by atoms with Gasteiger partial charge in [0.1, 0.15) is 5.75 Å². The molecule has 4 rings (SSSR count). The van der Waals surface area contributed by atoms with Crippen molar-refractivity contribution < 1.29 is 14.3 Å². The second-order valence-corrected chi connectivity index (χ2v) is 8.04. The first-order valence-corrected chi connectivity index (χ1v) is 10.8. The van der Waals surface area contributed by atoms with E-state index in [1.54, 1.807) is 36.1 Å². The number of nitrogens with one attached hydrogen (secondary N) is 2. The highest BCUT2D eigenvalue weighted by molar-refractivity contribution is 7.99. The average molecular weight is 439 g/mol. The van der Waals surface area contributed by atoms with Gasteiger partial charge in [-0.15, -0.1) is 5.10 Å². The number of benzene rings is 2. The predicted octanol–water partition coefficient (Wildman–Crippen LogP) is 2.35. The zero-order valence-electron chi connectivity index (χ0n) is 16.9. The second kappa shape index (κ2) is 9.61. The van der Waals surface area contributed by atoms with Crippen molar-refractivity contribution in [2.45, 2.75) is 30.6 Å². The molecule has 0 spiro atoms. The Balaban J connectivity index is 1.34. The minimum Gasteiger partial charge on any atom is -0.497 e. The molecule has 1 fully saturated rings. The Labute approximate surface area is 183 Å². The van der Waals surface area contributed by atoms with Crippen LogP contribution in [0.1, 0.15) is 28.8 Å². The first kappa shape index (κ1) is 20.9. The van der Waals surface area contributed by atoms with E-state index >= 15 is 0 Å². The van der Waals surface area contributed by atoms with Gasteiger partial charge in [0.05, 0.1) is 30.7 Å². The van der Waals surface area contributed by atoms with Crippen LogP contribution in [0.5, 0.6) is 5.75 Å². The third-order valence-corrected chi connectivity index (χ3v) is 5.64. The number of carbonyl (C=O) groups excluding carboxylic acids is 2. The van der Waals surface area contributed by atoms with Crippen molar-refractivity contribution in [3.63, 3.8) is 0 Å². The maximum atomic E-state index is 12.5. The molecule has 0 aliphatic heterocycles. The topological polar surface area (TPSA) is 111 Å². The second-order valence-electron chi connectivity index (χ2n) is 7.10. The summed E-state index contributed by atoms with van der Waals surface area (Å²) in [6.07, 6.45) is 2.00. The van der Waals surface area contributed by atoms with Gasteiger partial charge in [0, 0.05) is 6.04 Å². The van der Waals surface area contributed by atoms with E-state index < -0.39 is 0 Å². The predicted molar refractivity (Wildman–Crippen MR) is 116 cm³/mol. The number of hydrogen-bond acceptors (Lipinski definition) is 7. The van der Waals surface area contributed by atoms with E-state index in [4.69, 9.17) is 4.74 Å². The van der Waals surface area contributed by atoms with Crippen molar-refractivity contribution in [1.82, 2.24) is 25.5 Å². The van der Waals surface area contributed by atoms with Gasteiger partial charge in [-0.05, 0) is 53.1 Å². The number of rotatable bonds is 9. The van der Waals surface area contributed by atoms with Crippen LogP contribution in [0.2, 0.25) is 0 Å². The molecule has 31 heavy (non-hydrogen) atoms. The zero-order chi connectivity index (χ0) is 21.6. The zero-order valence-corrected chi connectivity index (χ0v) is 17.8. The fourth-order valence-electron chi connectivity index (χ4n) is 2.90. The number of para-hydroxylation sites is 1. The minimum absolute atomic E-state index is 0.113. The molecule has 0 saturated heterocycles. The van der Waals surface area contributed by atoms with Crippen molar-refractivity contribution >= 4 is 29.3 Å². The number of thioether (sulfide) groups is 1. The molecule has 1 aliphatic carbocycles. The minimum atomic E-state index is -0.240. The summed E-state index contributed by atoms with van der Waals surface area (Å²) in [4.78, 5) is 24.9. The lowest BCUT2D eigenvalue weighted by Crippen LogP contribution is -2.27. The lowest BCUT2D eigenvalue weighted by atomic mass is 10.1. The van der Waals surface area contributed by atoms with Gasteiger partial charge in [-0.25, -0.2) is 4.68 Å². The first-order valence-electron chi connectivity index (χ1n) is 9.84. The van der Waals surface area contributed by atoms with Crippen molar-refractivity contribution in [1.29, 1.82) is 0 Å². The van der Waals surface area contributed by atoms with Crippen LogP contribution in [0.15, 0.2) is 53.7 Å². The van der Waals surface area contributed by atoms with E-state index in [2.05, 4.69) is 26.2 Å². The SMILES string of the molecule is COc1ccc(Cn2nnnc2SCC(=O)Nc2ccccc2C(=O)NC2CC2)cc1. The molecule has 2 amide bonds. The molecule has 2 N–H and O–H groups in total. The van der Waals surface area contributed by atoms with Crippen LogP contribution in [-0.4, -0.2) is 50.9 Å². The molecular weight excluding hydrogens is 416 g/mol. The molecule has 10 heteroatoms. The third kappa shape index (κ3) is 5.60. The summed E-state index contributed by atoms with van der Waals surface area (Å²) in [6.45, 7) is 0.477. The summed E-state index contributed by atoms with van der Waals surface area (Å²) < 4.78 is 6.80. The van der Waals surface area contributed by atoms with E-state index in [0.29, 0.717) is 23.0 Å². The van der Waals surface area contributed by atoms with E-state index in [1.165, 1.54) is 11.8 Å². The van der Waals surface area contributed by atoms with Gasteiger partial charge >= 0.3 is 0 Å². The number of nitrogens with zero attached hydrogens (tertiary/aromatic N) is 4. The van der Waals surface area contributed by atoms with Gasteiger partial charge in [0.15, 0.2) is 0 Å². The number of amides is 2. The van der Waals surface area contributed by atoms with E-state index in [0.717, 1.165) is 24.2 Å². The fraction of sp³-hybridized carbons (Fsp3) is 0.286. The molecule has 9 nitrogen and oxygen atoms in total. The Morgan fingerprint density at radius 1 is 1.16 bits per heavy atom. The summed E-state index contributed by atoms with van der Waals surface area (Å²) in [5, 5.41) is 18.0. The monoisotopic (exact) mass is 438 g/mol. The molecule has 0 bridgehead atoms. The Morgan fingerprint density at radius 2 is 1.94 bits per heavy atom. The van der Waals surface area contributed by atoms with Gasteiger partial charge in [-0.1, -0.05) is 36.0 Å². The highest BCUT2D eigenvalue weighted by Gasteiger charge is 2.25. The highest BCUT2D eigenvalue weighted by Crippen LogP contribution is 2.22. The van der Waals surface area contributed by atoms with E-state index in [9.17, 15) is 9.59 Å². The number of carbonyl (C=O) groups is 2. The largest absolute Gasteiger partial charge is 0.497 e. The molecule has 1 aromatic heterocycles. The van der Waals surface area contributed by atoms with Crippen LogP contribution < -0.4 is 15.4 Å². The van der Waals surface area contributed by atoms with Gasteiger partial charge < -0.3 is 15.4 Å². The Bertz CT molecular complexity index is 1060. The lowest BCUT2D eigenvalue weighted by molar-refractivity contribution is -0.113.